The first kappa shape index (κ1) is 21.1. The third-order valence-corrected chi connectivity index (χ3v) is 6.14. The number of hydrogen-bond acceptors (Lipinski definition) is 4. The van der Waals surface area contributed by atoms with Gasteiger partial charge in [-0.25, -0.2) is 0 Å². The zero-order chi connectivity index (χ0) is 21.7. The SMILES string of the molecule is CNC(=O)[C@]1(c2ccccn2)CCCN(Cc2cccc(-c3ccccc3OC)c2)C1. The molecule has 31 heavy (non-hydrogen) atoms. The molecule has 0 spiro atoms. The number of pyridine rings is 1. The van der Waals surface area contributed by atoms with Gasteiger partial charge in [-0.15, -0.1) is 0 Å². The third-order valence-electron chi connectivity index (χ3n) is 6.14. The van der Waals surface area contributed by atoms with E-state index in [9.17, 15) is 4.79 Å². The van der Waals surface area contributed by atoms with E-state index in [1.54, 1.807) is 20.4 Å². The largest absolute Gasteiger partial charge is 0.496 e. The Morgan fingerprint density at radius 3 is 2.74 bits per heavy atom. The molecule has 0 saturated carbocycles. The van der Waals surface area contributed by atoms with Crippen LogP contribution in [0.5, 0.6) is 5.75 Å². The summed E-state index contributed by atoms with van der Waals surface area (Å²) in [6.45, 7) is 2.40. The number of nitrogens with zero attached hydrogens (tertiary/aromatic N) is 2. The van der Waals surface area contributed by atoms with Gasteiger partial charge in [0.05, 0.1) is 12.8 Å². The molecule has 0 radical (unpaired) electrons. The summed E-state index contributed by atoms with van der Waals surface area (Å²) in [6.07, 6.45) is 3.54. The molecule has 1 saturated heterocycles. The molecule has 2 aromatic carbocycles. The number of carbonyl (C=O) groups excluding carboxylic acids is 1. The maximum absolute atomic E-state index is 13.0. The fraction of sp³-hybridized carbons (Fsp3) is 0.308. The van der Waals surface area contributed by atoms with E-state index in [-0.39, 0.29) is 5.91 Å². The molecule has 1 aliphatic rings. The fourth-order valence-electron chi connectivity index (χ4n) is 4.65. The molecule has 1 aromatic heterocycles. The summed E-state index contributed by atoms with van der Waals surface area (Å²) in [6, 6.07) is 22.5. The van der Waals surface area contributed by atoms with Crippen molar-refractivity contribution in [2.45, 2.75) is 24.8 Å². The van der Waals surface area contributed by atoms with Crippen molar-refractivity contribution < 1.29 is 9.53 Å². The molecule has 0 aliphatic carbocycles. The number of para-hydroxylation sites is 1. The molecule has 160 valence electrons. The van der Waals surface area contributed by atoms with Crippen molar-refractivity contribution in [1.29, 1.82) is 0 Å². The van der Waals surface area contributed by atoms with Crippen LogP contribution in [0.15, 0.2) is 72.9 Å². The van der Waals surface area contributed by atoms with E-state index < -0.39 is 5.41 Å². The first-order chi connectivity index (χ1) is 15.2. The van der Waals surface area contributed by atoms with E-state index >= 15 is 0 Å². The molecule has 4 rings (SSSR count). The number of likely N-dealkylation sites (N-methyl/N-ethyl adjacent to an activating group) is 1. The zero-order valence-electron chi connectivity index (χ0n) is 18.2. The van der Waals surface area contributed by atoms with Gasteiger partial charge in [0.25, 0.3) is 0 Å². The van der Waals surface area contributed by atoms with Crippen molar-refractivity contribution >= 4 is 5.91 Å². The molecule has 5 nitrogen and oxygen atoms in total. The quantitative estimate of drug-likeness (QED) is 0.660. The molecular weight excluding hydrogens is 386 g/mol. The highest BCUT2D eigenvalue weighted by atomic mass is 16.5. The molecule has 1 aliphatic heterocycles. The topological polar surface area (TPSA) is 54.5 Å². The second-order valence-corrected chi connectivity index (χ2v) is 8.09. The van der Waals surface area contributed by atoms with Crippen LogP contribution in [0.1, 0.15) is 24.1 Å². The molecule has 0 unspecified atom stereocenters. The summed E-state index contributed by atoms with van der Waals surface area (Å²) < 4.78 is 5.54. The third kappa shape index (κ3) is 4.32. The van der Waals surface area contributed by atoms with Gasteiger partial charge in [0.1, 0.15) is 11.2 Å². The lowest BCUT2D eigenvalue weighted by molar-refractivity contribution is -0.128. The number of ether oxygens (including phenoxy) is 1. The maximum atomic E-state index is 13.0. The first-order valence-electron chi connectivity index (χ1n) is 10.7. The molecule has 1 amide bonds. The lowest BCUT2D eigenvalue weighted by Gasteiger charge is -2.41. The number of likely N-dealkylation sites (tertiary alicyclic amines) is 1. The molecule has 1 fully saturated rings. The zero-order valence-corrected chi connectivity index (χ0v) is 18.2. The Balaban J connectivity index is 1.59. The highest BCUT2D eigenvalue weighted by Crippen LogP contribution is 2.35. The normalized spacial score (nSPS) is 19.0. The van der Waals surface area contributed by atoms with E-state index in [0.29, 0.717) is 6.54 Å². The molecule has 3 aromatic rings. The van der Waals surface area contributed by atoms with Crippen LogP contribution in [-0.4, -0.2) is 43.0 Å². The summed E-state index contributed by atoms with van der Waals surface area (Å²) in [7, 11) is 3.41. The average molecular weight is 416 g/mol. The van der Waals surface area contributed by atoms with Gasteiger partial charge in [-0.2, -0.15) is 0 Å². The van der Waals surface area contributed by atoms with E-state index in [4.69, 9.17) is 4.74 Å². The summed E-state index contributed by atoms with van der Waals surface area (Å²) in [4.78, 5) is 19.9. The number of methoxy groups -OCH3 is 1. The smallest absolute Gasteiger partial charge is 0.233 e. The Bertz CT molecular complexity index is 1040. The minimum Gasteiger partial charge on any atom is -0.496 e. The Morgan fingerprint density at radius 1 is 1.13 bits per heavy atom. The Hall–Kier alpha value is -3.18. The molecular formula is C26H29N3O2. The van der Waals surface area contributed by atoms with E-state index in [2.05, 4.69) is 45.5 Å². The minimum absolute atomic E-state index is 0.0404. The van der Waals surface area contributed by atoms with E-state index in [0.717, 1.165) is 48.5 Å². The predicted octanol–water partition coefficient (Wildman–Crippen LogP) is 4.04. The van der Waals surface area contributed by atoms with Gasteiger partial charge >= 0.3 is 0 Å². The van der Waals surface area contributed by atoms with Gasteiger partial charge in [-0.05, 0) is 54.8 Å². The van der Waals surface area contributed by atoms with Gasteiger partial charge in [-0.1, -0.05) is 42.5 Å². The monoisotopic (exact) mass is 415 g/mol. The molecule has 5 heteroatoms. The number of carbonyl (C=O) groups is 1. The minimum atomic E-state index is -0.617. The van der Waals surface area contributed by atoms with Crippen LogP contribution in [0.25, 0.3) is 11.1 Å². The maximum Gasteiger partial charge on any atom is 0.233 e. The highest BCUT2D eigenvalue weighted by Gasteiger charge is 2.44. The second kappa shape index (κ2) is 9.31. The fourth-order valence-corrected chi connectivity index (χ4v) is 4.65. The van der Waals surface area contributed by atoms with Gasteiger partial charge in [0.2, 0.25) is 5.91 Å². The summed E-state index contributed by atoms with van der Waals surface area (Å²) in [5.74, 6) is 0.907. The van der Waals surface area contributed by atoms with Gasteiger partial charge < -0.3 is 10.1 Å². The first-order valence-corrected chi connectivity index (χ1v) is 10.7. The van der Waals surface area contributed by atoms with Crippen LogP contribution in [0.3, 0.4) is 0 Å². The van der Waals surface area contributed by atoms with Crippen LogP contribution >= 0.6 is 0 Å². The average Bonchev–Trinajstić information content (AvgIpc) is 2.84. The second-order valence-electron chi connectivity index (χ2n) is 8.09. The molecule has 1 N–H and O–H groups in total. The number of aromatic nitrogens is 1. The molecule has 1 atom stereocenters. The van der Waals surface area contributed by atoms with Crippen molar-refractivity contribution in [3.8, 4) is 16.9 Å². The molecule has 2 heterocycles. The number of amides is 1. The van der Waals surface area contributed by atoms with E-state index in [1.807, 2.05) is 36.4 Å². The number of nitrogens with one attached hydrogen (secondary N) is 1. The van der Waals surface area contributed by atoms with Gasteiger partial charge in [0.15, 0.2) is 0 Å². The van der Waals surface area contributed by atoms with Crippen LogP contribution in [-0.2, 0) is 16.8 Å². The number of piperidine rings is 1. The number of benzene rings is 2. The van der Waals surface area contributed by atoms with Crippen LogP contribution in [0, 0.1) is 0 Å². The summed E-state index contributed by atoms with van der Waals surface area (Å²) >= 11 is 0. The summed E-state index contributed by atoms with van der Waals surface area (Å²) in [5.41, 5.74) is 3.67. The number of hydrogen-bond donors (Lipinski definition) is 1. The van der Waals surface area contributed by atoms with Gasteiger partial charge in [-0.3, -0.25) is 14.7 Å². The Labute approximate surface area is 184 Å². The molecule has 0 bridgehead atoms. The Morgan fingerprint density at radius 2 is 1.97 bits per heavy atom. The van der Waals surface area contributed by atoms with Crippen molar-refractivity contribution in [2.24, 2.45) is 0 Å². The lowest BCUT2D eigenvalue weighted by atomic mass is 9.75. The summed E-state index contributed by atoms with van der Waals surface area (Å²) in [5, 5.41) is 2.88. The van der Waals surface area contributed by atoms with Gasteiger partial charge in [0, 0.05) is 31.9 Å². The van der Waals surface area contributed by atoms with Crippen LogP contribution < -0.4 is 10.1 Å². The van der Waals surface area contributed by atoms with Crippen LogP contribution in [0.4, 0.5) is 0 Å². The number of rotatable bonds is 6. The predicted molar refractivity (Wildman–Crippen MR) is 123 cm³/mol. The van der Waals surface area contributed by atoms with E-state index in [1.165, 1.54) is 5.56 Å². The highest BCUT2D eigenvalue weighted by molar-refractivity contribution is 5.88. The van der Waals surface area contributed by atoms with Crippen molar-refractivity contribution in [1.82, 2.24) is 15.2 Å². The van der Waals surface area contributed by atoms with Crippen LogP contribution in [0.2, 0.25) is 0 Å². The van der Waals surface area contributed by atoms with Crippen molar-refractivity contribution in [2.75, 3.05) is 27.2 Å². The standard InChI is InChI=1S/C26H29N3O2/c1-27-25(30)26(24-13-5-6-15-28-24)14-8-16-29(19-26)18-20-9-7-10-21(17-20)22-11-3-4-12-23(22)31-2/h3-7,9-13,15,17H,8,14,16,18-19H2,1-2H3,(H,27,30)/t26-/m1/s1. The Kier molecular flexibility index (Phi) is 6.33. The lowest BCUT2D eigenvalue weighted by Crippen LogP contribution is -2.54. The van der Waals surface area contributed by atoms with Crippen molar-refractivity contribution in [3.05, 3.63) is 84.2 Å². The van der Waals surface area contributed by atoms with Crippen molar-refractivity contribution in [3.63, 3.8) is 0 Å².